The minimum atomic E-state index is -4.51. The first kappa shape index (κ1) is 21.3. The summed E-state index contributed by atoms with van der Waals surface area (Å²) in [6.07, 6.45) is 0.655. The molecule has 0 aliphatic rings. The van der Waals surface area contributed by atoms with E-state index in [4.69, 9.17) is 0 Å². The predicted octanol–water partition coefficient (Wildman–Crippen LogP) is 3.78. The fourth-order valence-electron chi connectivity index (χ4n) is 3.37. The van der Waals surface area contributed by atoms with E-state index in [9.17, 15) is 17.8 Å². The monoisotopic (exact) mass is 392 g/mol. The molecular formula is C20H28N2O4S. The summed E-state index contributed by atoms with van der Waals surface area (Å²) < 4.78 is 33.9. The standard InChI is InChI=1S/C20H28N2O4S/c1-5-22(6-2)18(13-14(3)4)20(23)21-17-12-11-15-9-7-8-10-16(15)19(17)27(24,25)26/h7-12,14,18H,5-6,13H2,1-4H3,(H,21,23)(H,24,25,26)/t18-/m0/s1. The molecule has 2 N–H and O–H groups in total. The summed E-state index contributed by atoms with van der Waals surface area (Å²) in [5, 5.41) is 3.79. The lowest BCUT2D eigenvalue weighted by atomic mass is 10.0. The Hall–Kier alpha value is -1.96. The molecule has 2 rings (SSSR count). The van der Waals surface area contributed by atoms with Gasteiger partial charge >= 0.3 is 0 Å². The summed E-state index contributed by atoms with van der Waals surface area (Å²) >= 11 is 0. The van der Waals surface area contributed by atoms with E-state index in [1.165, 1.54) is 6.07 Å². The zero-order chi connectivity index (χ0) is 20.2. The van der Waals surface area contributed by atoms with Crippen LogP contribution in [-0.2, 0) is 14.9 Å². The molecule has 0 heterocycles. The highest BCUT2D eigenvalue weighted by atomic mass is 32.2. The van der Waals surface area contributed by atoms with Gasteiger partial charge in [-0.25, -0.2) is 0 Å². The minimum Gasteiger partial charge on any atom is -0.323 e. The molecule has 0 aliphatic heterocycles. The SMILES string of the molecule is CCN(CC)[C@@H](CC(C)C)C(=O)Nc1ccc2ccccc2c1S(=O)(=O)O. The number of benzene rings is 2. The van der Waals surface area contributed by atoms with Crippen LogP contribution >= 0.6 is 0 Å². The average molecular weight is 393 g/mol. The lowest BCUT2D eigenvalue weighted by Crippen LogP contribution is -2.44. The quantitative estimate of drug-likeness (QED) is 0.668. The van der Waals surface area contributed by atoms with Crippen molar-refractivity contribution in [3.8, 4) is 0 Å². The van der Waals surface area contributed by atoms with Gasteiger partial charge in [-0.2, -0.15) is 8.42 Å². The van der Waals surface area contributed by atoms with E-state index in [1.807, 2.05) is 32.6 Å². The van der Waals surface area contributed by atoms with Crippen LogP contribution in [0.25, 0.3) is 10.8 Å². The molecule has 6 nitrogen and oxygen atoms in total. The Morgan fingerprint density at radius 3 is 2.30 bits per heavy atom. The number of carbonyl (C=O) groups excluding carboxylic acids is 1. The lowest BCUT2D eigenvalue weighted by Gasteiger charge is -2.30. The highest BCUT2D eigenvalue weighted by Crippen LogP contribution is 2.31. The van der Waals surface area contributed by atoms with Crippen molar-refractivity contribution in [1.82, 2.24) is 4.90 Å². The fourth-order valence-corrected chi connectivity index (χ4v) is 4.23. The number of likely N-dealkylation sites (N-methyl/N-ethyl adjacent to an activating group) is 1. The fraction of sp³-hybridized carbons (Fsp3) is 0.450. The number of nitrogens with zero attached hydrogens (tertiary/aromatic N) is 1. The maximum absolute atomic E-state index is 13.0. The zero-order valence-corrected chi connectivity index (χ0v) is 17.1. The predicted molar refractivity (Wildman–Crippen MR) is 109 cm³/mol. The van der Waals surface area contributed by atoms with Crippen LogP contribution in [0.1, 0.15) is 34.1 Å². The number of hydrogen-bond donors (Lipinski definition) is 2. The van der Waals surface area contributed by atoms with E-state index < -0.39 is 10.1 Å². The number of anilines is 1. The summed E-state index contributed by atoms with van der Waals surface area (Å²) in [7, 11) is -4.51. The van der Waals surface area contributed by atoms with Gasteiger partial charge in [0.05, 0.1) is 11.7 Å². The smallest absolute Gasteiger partial charge is 0.297 e. The molecule has 0 bridgehead atoms. The van der Waals surface area contributed by atoms with Gasteiger partial charge in [0.1, 0.15) is 4.90 Å². The molecule has 0 aliphatic carbocycles. The van der Waals surface area contributed by atoms with E-state index in [0.717, 1.165) is 0 Å². The largest absolute Gasteiger partial charge is 0.323 e. The van der Waals surface area contributed by atoms with E-state index in [1.54, 1.807) is 30.3 Å². The first-order valence-electron chi connectivity index (χ1n) is 9.23. The first-order chi connectivity index (χ1) is 12.7. The van der Waals surface area contributed by atoms with Gasteiger partial charge in [-0.05, 0) is 36.9 Å². The maximum atomic E-state index is 13.0. The normalized spacial score (nSPS) is 13.3. The molecule has 2 aromatic rings. The van der Waals surface area contributed by atoms with E-state index in [0.29, 0.717) is 36.2 Å². The second kappa shape index (κ2) is 8.82. The van der Waals surface area contributed by atoms with Gasteiger partial charge in [-0.15, -0.1) is 0 Å². The van der Waals surface area contributed by atoms with Gasteiger partial charge in [-0.1, -0.05) is 58.0 Å². The number of fused-ring (bicyclic) bond motifs is 1. The molecule has 0 radical (unpaired) electrons. The Morgan fingerprint density at radius 2 is 1.74 bits per heavy atom. The van der Waals surface area contributed by atoms with Gasteiger partial charge in [-0.3, -0.25) is 14.2 Å². The van der Waals surface area contributed by atoms with E-state index in [2.05, 4.69) is 5.32 Å². The van der Waals surface area contributed by atoms with Gasteiger partial charge < -0.3 is 5.32 Å². The Balaban J connectivity index is 2.48. The van der Waals surface area contributed by atoms with Crippen LogP contribution in [-0.4, -0.2) is 42.9 Å². The Bertz CT molecular complexity index is 905. The molecule has 0 fully saturated rings. The van der Waals surface area contributed by atoms with Crippen LogP contribution in [0.15, 0.2) is 41.3 Å². The molecule has 0 saturated carbocycles. The van der Waals surface area contributed by atoms with Gasteiger partial charge in [0.2, 0.25) is 5.91 Å². The van der Waals surface area contributed by atoms with Crippen molar-refractivity contribution in [2.45, 2.75) is 45.1 Å². The van der Waals surface area contributed by atoms with Crippen molar-refractivity contribution < 1.29 is 17.8 Å². The van der Waals surface area contributed by atoms with Gasteiger partial charge in [0.25, 0.3) is 10.1 Å². The van der Waals surface area contributed by atoms with Gasteiger partial charge in [0, 0.05) is 5.39 Å². The maximum Gasteiger partial charge on any atom is 0.297 e. The topological polar surface area (TPSA) is 86.7 Å². The molecule has 0 spiro atoms. The Morgan fingerprint density at radius 1 is 1.11 bits per heavy atom. The molecule has 148 valence electrons. The molecule has 27 heavy (non-hydrogen) atoms. The molecule has 0 saturated heterocycles. The Kier molecular flexibility index (Phi) is 6.97. The first-order valence-corrected chi connectivity index (χ1v) is 10.7. The number of carbonyl (C=O) groups is 1. The molecule has 1 amide bonds. The average Bonchev–Trinajstić information content (AvgIpc) is 2.60. The lowest BCUT2D eigenvalue weighted by molar-refractivity contribution is -0.121. The van der Waals surface area contributed by atoms with Crippen molar-refractivity contribution in [1.29, 1.82) is 0 Å². The second-order valence-corrected chi connectivity index (χ2v) is 8.35. The highest BCUT2D eigenvalue weighted by molar-refractivity contribution is 7.86. The summed E-state index contributed by atoms with van der Waals surface area (Å²) in [5.74, 6) is 0.0339. The summed E-state index contributed by atoms with van der Waals surface area (Å²) in [6, 6.07) is 9.73. The van der Waals surface area contributed by atoms with Crippen molar-refractivity contribution in [2.75, 3.05) is 18.4 Å². The van der Waals surface area contributed by atoms with Crippen LogP contribution in [0.5, 0.6) is 0 Å². The molecule has 7 heteroatoms. The third-order valence-corrected chi connectivity index (χ3v) is 5.60. The molecular weight excluding hydrogens is 364 g/mol. The van der Waals surface area contributed by atoms with E-state index >= 15 is 0 Å². The number of rotatable bonds is 8. The third-order valence-electron chi connectivity index (χ3n) is 4.65. The van der Waals surface area contributed by atoms with Crippen molar-refractivity contribution in [2.24, 2.45) is 5.92 Å². The van der Waals surface area contributed by atoms with Crippen LogP contribution in [0.2, 0.25) is 0 Å². The number of amides is 1. The number of nitrogens with one attached hydrogen (secondary N) is 1. The van der Waals surface area contributed by atoms with Crippen LogP contribution < -0.4 is 5.32 Å². The van der Waals surface area contributed by atoms with Crippen molar-refractivity contribution in [3.05, 3.63) is 36.4 Å². The molecule has 0 aromatic heterocycles. The van der Waals surface area contributed by atoms with E-state index in [-0.39, 0.29) is 22.5 Å². The van der Waals surface area contributed by atoms with Crippen LogP contribution in [0.3, 0.4) is 0 Å². The number of hydrogen-bond acceptors (Lipinski definition) is 4. The zero-order valence-electron chi connectivity index (χ0n) is 16.3. The highest BCUT2D eigenvalue weighted by Gasteiger charge is 2.27. The van der Waals surface area contributed by atoms with Crippen LogP contribution in [0.4, 0.5) is 5.69 Å². The van der Waals surface area contributed by atoms with Gasteiger partial charge in [0.15, 0.2) is 0 Å². The van der Waals surface area contributed by atoms with Crippen molar-refractivity contribution in [3.63, 3.8) is 0 Å². The molecule has 1 atom stereocenters. The summed E-state index contributed by atoms with van der Waals surface area (Å²) in [4.78, 5) is 14.8. The summed E-state index contributed by atoms with van der Waals surface area (Å²) in [6.45, 7) is 9.49. The third kappa shape index (κ3) is 5.06. The second-order valence-electron chi connectivity index (χ2n) is 6.99. The molecule has 2 aromatic carbocycles. The van der Waals surface area contributed by atoms with Crippen molar-refractivity contribution >= 4 is 32.5 Å². The minimum absolute atomic E-state index is 0.0992. The Labute approximate surface area is 161 Å². The summed E-state index contributed by atoms with van der Waals surface area (Å²) in [5.41, 5.74) is 0.0992. The molecule has 0 unspecified atom stereocenters. The van der Waals surface area contributed by atoms with Crippen LogP contribution in [0, 0.1) is 5.92 Å².